The lowest BCUT2D eigenvalue weighted by Crippen LogP contribution is -2.13. The number of hydrogen-bond donors (Lipinski definition) is 1. The van der Waals surface area contributed by atoms with Gasteiger partial charge in [-0.05, 0) is 49.2 Å². The summed E-state index contributed by atoms with van der Waals surface area (Å²) in [4.78, 5) is 13.0. The van der Waals surface area contributed by atoms with E-state index in [1.54, 1.807) is 0 Å². The van der Waals surface area contributed by atoms with E-state index < -0.39 is 0 Å². The molecule has 2 aromatic heterocycles. The number of hydrogen-bond acceptors (Lipinski definition) is 2. The smallest absolute Gasteiger partial charge is 0.140 e. The molecule has 1 N–H and O–H groups in total. The third-order valence-corrected chi connectivity index (χ3v) is 5.64. The van der Waals surface area contributed by atoms with E-state index >= 15 is 0 Å². The Balaban J connectivity index is 1.51. The van der Waals surface area contributed by atoms with E-state index in [9.17, 15) is 4.39 Å². The van der Waals surface area contributed by atoms with Crippen molar-refractivity contribution in [2.45, 2.75) is 44.6 Å². The maximum absolute atomic E-state index is 13.4. The van der Waals surface area contributed by atoms with Crippen LogP contribution >= 0.6 is 0 Å². The highest BCUT2D eigenvalue weighted by molar-refractivity contribution is 5.74. The molecule has 0 unspecified atom stereocenters. The van der Waals surface area contributed by atoms with Gasteiger partial charge < -0.3 is 9.55 Å². The van der Waals surface area contributed by atoms with Crippen molar-refractivity contribution in [2.75, 3.05) is 0 Å². The first kappa shape index (κ1) is 17.2. The lowest BCUT2D eigenvalue weighted by molar-refractivity contribution is 0.355. The maximum Gasteiger partial charge on any atom is 0.140 e. The van der Waals surface area contributed by atoms with Crippen LogP contribution in [0.1, 0.15) is 49.7 Å². The zero-order valence-corrected chi connectivity index (χ0v) is 15.7. The zero-order valence-electron chi connectivity index (χ0n) is 15.7. The molecular weight excluding hydrogens is 351 g/mol. The van der Waals surface area contributed by atoms with Crippen molar-refractivity contribution in [1.29, 1.82) is 0 Å². The van der Waals surface area contributed by atoms with Crippen molar-refractivity contribution in [2.24, 2.45) is 0 Å². The number of fused-ring (bicyclic) bond motifs is 1. The Bertz CT molecular complexity index is 1050. The first-order chi connectivity index (χ1) is 13.8. The lowest BCUT2D eigenvalue weighted by atomic mass is 9.95. The third-order valence-electron chi connectivity index (χ3n) is 5.64. The second-order valence-corrected chi connectivity index (χ2v) is 7.64. The molecule has 1 fully saturated rings. The highest BCUT2D eigenvalue weighted by Crippen LogP contribution is 2.33. The number of imidazole rings is 2. The average molecular weight is 374 g/mol. The van der Waals surface area contributed by atoms with E-state index in [1.807, 2.05) is 36.4 Å². The Hall–Kier alpha value is -2.95. The van der Waals surface area contributed by atoms with Gasteiger partial charge >= 0.3 is 0 Å². The summed E-state index contributed by atoms with van der Waals surface area (Å²) in [7, 11) is 0. The molecule has 0 saturated heterocycles. The summed E-state index contributed by atoms with van der Waals surface area (Å²) in [6.07, 6.45) is 8.99. The number of aromatic nitrogens is 4. The standard InChI is InChI=1S/C23H23FN4/c24-17-12-10-16(11-13-17)23-25-18(15-28(23)19-6-2-1-3-7-19)14-22-26-20-8-4-5-9-21(20)27-22/h4-5,8-13,15,19H,1-3,6-7,14H2,(H,26,27). The number of aromatic amines is 1. The van der Waals surface area contributed by atoms with Crippen molar-refractivity contribution in [3.05, 3.63) is 72.1 Å². The van der Waals surface area contributed by atoms with Gasteiger partial charge in [-0.15, -0.1) is 0 Å². The topological polar surface area (TPSA) is 46.5 Å². The van der Waals surface area contributed by atoms with Crippen molar-refractivity contribution in [1.82, 2.24) is 19.5 Å². The Morgan fingerprint density at radius 2 is 1.75 bits per heavy atom. The van der Waals surface area contributed by atoms with Crippen LogP contribution in [0, 0.1) is 5.82 Å². The van der Waals surface area contributed by atoms with Gasteiger partial charge in [0.1, 0.15) is 17.5 Å². The molecule has 0 atom stereocenters. The zero-order chi connectivity index (χ0) is 18.9. The van der Waals surface area contributed by atoms with Crippen LogP contribution in [0.3, 0.4) is 0 Å². The fraction of sp³-hybridized carbons (Fsp3) is 0.304. The number of benzene rings is 2. The average Bonchev–Trinajstić information content (AvgIpc) is 3.33. The highest BCUT2D eigenvalue weighted by Gasteiger charge is 2.21. The molecule has 4 aromatic rings. The van der Waals surface area contributed by atoms with Crippen molar-refractivity contribution >= 4 is 11.0 Å². The molecule has 0 aliphatic heterocycles. The predicted octanol–water partition coefficient (Wildman–Crippen LogP) is 5.66. The summed E-state index contributed by atoms with van der Waals surface area (Å²) in [5, 5.41) is 0. The molecule has 1 aliphatic carbocycles. The quantitative estimate of drug-likeness (QED) is 0.501. The van der Waals surface area contributed by atoms with Gasteiger partial charge in [0.25, 0.3) is 0 Å². The van der Waals surface area contributed by atoms with E-state index in [1.165, 1.54) is 44.2 Å². The van der Waals surface area contributed by atoms with Crippen molar-refractivity contribution in [3.63, 3.8) is 0 Å². The molecule has 142 valence electrons. The fourth-order valence-corrected chi connectivity index (χ4v) is 4.24. The van der Waals surface area contributed by atoms with Gasteiger partial charge in [-0.2, -0.15) is 0 Å². The largest absolute Gasteiger partial charge is 0.342 e. The molecule has 5 rings (SSSR count). The van der Waals surface area contributed by atoms with Crippen LogP contribution in [-0.4, -0.2) is 19.5 Å². The first-order valence-corrected chi connectivity index (χ1v) is 10.0. The van der Waals surface area contributed by atoms with Gasteiger partial charge in [0.2, 0.25) is 0 Å². The number of nitrogens with one attached hydrogen (secondary N) is 1. The van der Waals surface area contributed by atoms with E-state index in [0.717, 1.165) is 33.9 Å². The second-order valence-electron chi connectivity index (χ2n) is 7.64. The molecule has 0 spiro atoms. The molecule has 2 heterocycles. The number of H-pyrrole nitrogens is 1. The van der Waals surface area contributed by atoms with Gasteiger partial charge in [0, 0.05) is 24.2 Å². The number of rotatable bonds is 4. The summed E-state index contributed by atoms with van der Waals surface area (Å²) in [6.45, 7) is 0. The van der Waals surface area contributed by atoms with Crippen LogP contribution in [0.5, 0.6) is 0 Å². The van der Waals surface area contributed by atoms with Gasteiger partial charge in [-0.3, -0.25) is 0 Å². The predicted molar refractivity (Wildman–Crippen MR) is 109 cm³/mol. The van der Waals surface area contributed by atoms with Crippen LogP contribution in [0.2, 0.25) is 0 Å². The summed E-state index contributed by atoms with van der Waals surface area (Å²) >= 11 is 0. The molecule has 1 saturated carbocycles. The maximum atomic E-state index is 13.4. The van der Waals surface area contributed by atoms with Crippen molar-refractivity contribution < 1.29 is 4.39 Å². The SMILES string of the molecule is Fc1ccc(-c2nc(Cc3nc4ccccc4[nH]3)cn2C2CCCCC2)cc1. The Morgan fingerprint density at radius 1 is 0.964 bits per heavy atom. The second kappa shape index (κ2) is 7.23. The molecule has 1 aliphatic rings. The van der Waals surface area contributed by atoms with E-state index in [2.05, 4.69) is 20.7 Å². The molecular formula is C23H23FN4. The normalized spacial score (nSPS) is 15.3. The minimum Gasteiger partial charge on any atom is -0.342 e. The van der Waals surface area contributed by atoms with E-state index in [0.29, 0.717) is 12.5 Å². The minimum atomic E-state index is -0.220. The minimum absolute atomic E-state index is 0.220. The highest BCUT2D eigenvalue weighted by atomic mass is 19.1. The Morgan fingerprint density at radius 3 is 2.54 bits per heavy atom. The number of halogens is 1. The van der Waals surface area contributed by atoms with Crippen LogP contribution in [0.4, 0.5) is 4.39 Å². The Kier molecular flexibility index (Phi) is 4.43. The van der Waals surface area contributed by atoms with Gasteiger partial charge in [-0.25, -0.2) is 14.4 Å². The summed E-state index contributed by atoms with van der Waals surface area (Å²) in [5.41, 5.74) is 3.97. The van der Waals surface area contributed by atoms with Crippen molar-refractivity contribution in [3.8, 4) is 11.4 Å². The molecule has 0 amide bonds. The van der Waals surface area contributed by atoms with Crippen LogP contribution in [-0.2, 0) is 6.42 Å². The van der Waals surface area contributed by atoms with Gasteiger partial charge in [0.05, 0.1) is 16.7 Å². The summed E-state index contributed by atoms with van der Waals surface area (Å²) in [6, 6.07) is 15.2. The monoisotopic (exact) mass is 374 g/mol. The van der Waals surface area contributed by atoms with E-state index in [-0.39, 0.29) is 5.82 Å². The van der Waals surface area contributed by atoms with Gasteiger partial charge in [-0.1, -0.05) is 31.4 Å². The summed E-state index contributed by atoms with van der Waals surface area (Å²) < 4.78 is 15.7. The molecule has 28 heavy (non-hydrogen) atoms. The van der Waals surface area contributed by atoms with Crippen LogP contribution in [0.25, 0.3) is 22.4 Å². The van der Waals surface area contributed by atoms with Crippen LogP contribution in [0.15, 0.2) is 54.7 Å². The first-order valence-electron chi connectivity index (χ1n) is 10.0. The molecule has 0 radical (unpaired) electrons. The molecule has 5 heteroatoms. The third kappa shape index (κ3) is 3.33. The van der Waals surface area contributed by atoms with Gasteiger partial charge in [0.15, 0.2) is 0 Å². The fourth-order valence-electron chi connectivity index (χ4n) is 4.24. The number of para-hydroxylation sites is 2. The summed E-state index contributed by atoms with van der Waals surface area (Å²) in [5.74, 6) is 1.63. The molecule has 0 bridgehead atoms. The molecule has 4 nitrogen and oxygen atoms in total. The van der Waals surface area contributed by atoms with Crippen LogP contribution < -0.4 is 0 Å². The lowest BCUT2D eigenvalue weighted by Gasteiger charge is -2.24. The molecule has 2 aromatic carbocycles. The number of nitrogens with zero attached hydrogens (tertiary/aromatic N) is 3. The Labute approximate surface area is 163 Å². The van der Waals surface area contributed by atoms with E-state index in [4.69, 9.17) is 4.98 Å².